The van der Waals surface area contributed by atoms with Gasteiger partial charge in [0, 0.05) is 10.6 Å². The summed E-state index contributed by atoms with van der Waals surface area (Å²) in [6.07, 6.45) is 1.57. The van der Waals surface area contributed by atoms with Crippen molar-refractivity contribution in [2.75, 3.05) is 13.7 Å². The predicted octanol–water partition coefficient (Wildman–Crippen LogP) is 3.67. The summed E-state index contributed by atoms with van der Waals surface area (Å²) in [7, 11) is 1.49. The fourth-order valence-electron chi connectivity index (χ4n) is 2.40. The minimum atomic E-state index is -0.583. The number of nitrogens with zero attached hydrogens (tertiary/aromatic N) is 3. The van der Waals surface area contributed by atoms with Gasteiger partial charge in [-0.2, -0.15) is 14.9 Å². The van der Waals surface area contributed by atoms with E-state index in [1.165, 1.54) is 11.8 Å². The van der Waals surface area contributed by atoms with Crippen molar-refractivity contribution >= 4 is 47.5 Å². The Morgan fingerprint density at radius 3 is 2.79 bits per heavy atom. The third-order valence-corrected chi connectivity index (χ3v) is 4.51. The van der Waals surface area contributed by atoms with Crippen LogP contribution in [0.4, 0.5) is 0 Å². The number of hydrogen-bond donors (Lipinski definition) is 2. The molecule has 0 radical (unpaired) electrons. The molecule has 0 aliphatic rings. The predicted molar refractivity (Wildman–Crippen MR) is 114 cm³/mol. The van der Waals surface area contributed by atoms with Crippen LogP contribution in [-0.4, -0.2) is 40.7 Å². The van der Waals surface area contributed by atoms with Gasteiger partial charge in [-0.15, -0.1) is 0 Å². The van der Waals surface area contributed by atoms with E-state index in [4.69, 9.17) is 50.6 Å². The molecule has 29 heavy (non-hydrogen) atoms. The van der Waals surface area contributed by atoms with Gasteiger partial charge in [-0.3, -0.25) is 4.79 Å². The number of nitrogens with two attached hydrogens (primary N) is 1. The minimum absolute atomic E-state index is 0.251. The number of aromatic nitrogens is 3. The molecule has 1 aromatic heterocycles. The Kier molecular flexibility index (Phi) is 6.53. The topological polar surface area (TPSA) is 108 Å². The first-order chi connectivity index (χ1) is 13.9. The number of nitrogens with one attached hydrogen (secondary N) is 1. The average molecular weight is 452 g/mol. The van der Waals surface area contributed by atoms with Crippen LogP contribution in [0, 0.1) is 4.77 Å². The van der Waals surface area contributed by atoms with Gasteiger partial charge in [-0.05, 0) is 54.2 Å². The van der Waals surface area contributed by atoms with E-state index in [1.807, 2.05) is 0 Å². The first-order valence-corrected chi connectivity index (χ1v) is 9.32. The number of hydrogen-bond acceptors (Lipinski definition) is 6. The largest absolute Gasteiger partial charge is 0.493 e. The summed E-state index contributed by atoms with van der Waals surface area (Å²) in [6.45, 7) is -0.251. The van der Waals surface area contributed by atoms with Crippen LogP contribution in [0.15, 0.2) is 41.5 Å². The zero-order chi connectivity index (χ0) is 21.0. The number of ether oxygens (including phenoxy) is 2. The zero-order valence-corrected chi connectivity index (χ0v) is 17.4. The molecule has 0 aliphatic heterocycles. The molecule has 0 bridgehead atoms. The van der Waals surface area contributed by atoms with E-state index < -0.39 is 5.91 Å². The number of halogens is 2. The Balaban J connectivity index is 1.92. The summed E-state index contributed by atoms with van der Waals surface area (Å²) < 4.78 is 12.3. The molecule has 3 aromatic rings. The van der Waals surface area contributed by atoms with Crippen LogP contribution in [0.25, 0.3) is 11.4 Å². The van der Waals surface area contributed by atoms with E-state index >= 15 is 0 Å². The first kappa shape index (κ1) is 20.8. The molecular formula is C18H15Cl2N5O3S. The summed E-state index contributed by atoms with van der Waals surface area (Å²) >= 11 is 17.5. The third kappa shape index (κ3) is 4.94. The SMILES string of the molecule is COc1cc(/C=N/n2c(-c3ccc(Cl)cc3Cl)n[nH]c2=S)ccc1OCC(N)=O. The van der Waals surface area contributed by atoms with E-state index in [9.17, 15) is 4.79 Å². The lowest BCUT2D eigenvalue weighted by Crippen LogP contribution is -2.20. The maximum Gasteiger partial charge on any atom is 0.255 e. The molecule has 3 rings (SSSR count). The van der Waals surface area contributed by atoms with Gasteiger partial charge in [0.1, 0.15) is 0 Å². The lowest BCUT2D eigenvalue weighted by atomic mass is 10.2. The highest BCUT2D eigenvalue weighted by Gasteiger charge is 2.12. The Morgan fingerprint density at radius 2 is 2.10 bits per heavy atom. The number of primary amides is 1. The van der Waals surface area contributed by atoms with Gasteiger partial charge in [-0.1, -0.05) is 23.2 Å². The summed E-state index contributed by atoms with van der Waals surface area (Å²) in [5.41, 5.74) is 6.41. The molecule has 0 saturated carbocycles. The number of H-pyrrole nitrogens is 1. The number of aromatic amines is 1. The van der Waals surface area contributed by atoms with Crippen molar-refractivity contribution in [2.24, 2.45) is 10.8 Å². The van der Waals surface area contributed by atoms with E-state index in [2.05, 4.69) is 15.3 Å². The van der Waals surface area contributed by atoms with E-state index in [0.717, 1.165) is 0 Å². The monoisotopic (exact) mass is 451 g/mol. The van der Waals surface area contributed by atoms with Gasteiger partial charge in [0.15, 0.2) is 23.9 Å². The normalized spacial score (nSPS) is 11.0. The van der Waals surface area contributed by atoms with E-state index in [-0.39, 0.29) is 11.4 Å². The molecule has 1 heterocycles. The van der Waals surface area contributed by atoms with Crippen molar-refractivity contribution in [1.29, 1.82) is 0 Å². The maximum atomic E-state index is 10.9. The molecule has 0 saturated heterocycles. The first-order valence-electron chi connectivity index (χ1n) is 8.15. The molecule has 11 heteroatoms. The second kappa shape index (κ2) is 9.08. The molecule has 0 fully saturated rings. The van der Waals surface area contributed by atoms with Gasteiger partial charge in [0.2, 0.25) is 4.77 Å². The molecule has 2 aromatic carbocycles. The van der Waals surface area contributed by atoms with E-state index in [0.29, 0.717) is 38.5 Å². The number of amides is 1. The molecule has 150 valence electrons. The van der Waals surface area contributed by atoms with Crippen molar-refractivity contribution in [1.82, 2.24) is 14.9 Å². The quantitative estimate of drug-likeness (QED) is 0.420. The fraction of sp³-hybridized carbons (Fsp3) is 0.111. The van der Waals surface area contributed by atoms with Gasteiger partial charge < -0.3 is 15.2 Å². The molecular weight excluding hydrogens is 437 g/mol. The molecule has 1 amide bonds. The van der Waals surface area contributed by atoms with E-state index in [1.54, 1.807) is 42.6 Å². The Morgan fingerprint density at radius 1 is 1.31 bits per heavy atom. The van der Waals surface area contributed by atoms with Crippen LogP contribution >= 0.6 is 35.4 Å². The smallest absolute Gasteiger partial charge is 0.255 e. The Hall–Kier alpha value is -2.88. The maximum absolute atomic E-state index is 10.9. The number of methoxy groups -OCH3 is 1. The van der Waals surface area contributed by atoms with Crippen LogP contribution < -0.4 is 15.2 Å². The van der Waals surface area contributed by atoms with Crippen LogP contribution in [0.1, 0.15) is 5.56 Å². The summed E-state index contributed by atoms with van der Waals surface area (Å²) in [5.74, 6) is 0.658. The molecule has 0 unspecified atom stereocenters. The minimum Gasteiger partial charge on any atom is -0.493 e. The number of carbonyl (C=O) groups excluding carboxylic acids is 1. The Labute approximate surface area is 180 Å². The molecule has 3 N–H and O–H groups in total. The lowest BCUT2D eigenvalue weighted by molar-refractivity contribution is -0.119. The van der Waals surface area contributed by atoms with Crippen molar-refractivity contribution in [2.45, 2.75) is 0 Å². The van der Waals surface area contributed by atoms with Crippen molar-refractivity contribution < 1.29 is 14.3 Å². The summed E-state index contributed by atoms with van der Waals surface area (Å²) in [6, 6.07) is 10.1. The van der Waals surface area contributed by atoms with Gasteiger partial charge >= 0.3 is 0 Å². The van der Waals surface area contributed by atoms with Crippen LogP contribution in [0.2, 0.25) is 10.0 Å². The van der Waals surface area contributed by atoms with Gasteiger partial charge in [0.25, 0.3) is 5.91 Å². The van der Waals surface area contributed by atoms with Crippen LogP contribution in [-0.2, 0) is 4.79 Å². The second-order valence-electron chi connectivity index (χ2n) is 5.70. The number of benzene rings is 2. The van der Waals surface area contributed by atoms with Crippen molar-refractivity contribution in [3.63, 3.8) is 0 Å². The average Bonchev–Trinajstić information content (AvgIpc) is 3.05. The zero-order valence-electron chi connectivity index (χ0n) is 15.1. The lowest BCUT2D eigenvalue weighted by Gasteiger charge is -2.09. The Bertz CT molecular complexity index is 1140. The molecule has 0 atom stereocenters. The molecule has 0 spiro atoms. The highest BCUT2D eigenvalue weighted by Crippen LogP contribution is 2.30. The van der Waals surface area contributed by atoms with Crippen LogP contribution in [0.3, 0.4) is 0 Å². The molecule has 8 nitrogen and oxygen atoms in total. The third-order valence-electron chi connectivity index (χ3n) is 3.70. The number of rotatable bonds is 7. The number of carbonyl (C=O) groups is 1. The highest BCUT2D eigenvalue weighted by molar-refractivity contribution is 7.71. The van der Waals surface area contributed by atoms with Crippen LogP contribution in [0.5, 0.6) is 11.5 Å². The van der Waals surface area contributed by atoms with Crippen molar-refractivity contribution in [3.05, 3.63) is 56.8 Å². The summed E-state index contributed by atoms with van der Waals surface area (Å²) in [5, 5.41) is 12.2. The standard InChI is InChI=1S/C18H15Cl2N5O3S/c1-27-15-6-10(2-5-14(15)28-9-16(21)26)8-22-25-17(23-24-18(25)29)12-4-3-11(19)7-13(12)20/h2-8H,9H2,1H3,(H2,21,26)(H,24,29)/b22-8+. The second-order valence-corrected chi connectivity index (χ2v) is 6.93. The highest BCUT2D eigenvalue weighted by atomic mass is 35.5. The van der Waals surface area contributed by atoms with Gasteiger partial charge in [-0.25, -0.2) is 5.10 Å². The fourth-order valence-corrected chi connectivity index (χ4v) is 3.07. The van der Waals surface area contributed by atoms with Crippen molar-refractivity contribution in [3.8, 4) is 22.9 Å². The van der Waals surface area contributed by atoms with Gasteiger partial charge in [0.05, 0.1) is 18.3 Å². The molecule has 0 aliphatic carbocycles. The summed E-state index contributed by atoms with van der Waals surface area (Å²) in [4.78, 5) is 10.9.